The zero-order chi connectivity index (χ0) is 19.5. The first kappa shape index (κ1) is 22.0. The van der Waals surface area contributed by atoms with Crippen LogP contribution in [0.4, 0.5) is 0 Å². The molecule has 0 spiro atoms. The smallest absolute Gasteiger partial charge is 0.311 e. The lowest BCUT2D eigenvalue weighted by atomic mass is 9.85. The van der Waals surface area contributed by atoms with Crippen LogP contribution in [0.25, 0.3) is 0 Å². The lowest BCUT2D eigenvalue weighted by Gasteiger charge is -2.35. The van der Waals surface area contributed by atoms with E-state index in [4.69, 9.17) is 9.47 Å². The maximum Gasteiger partial charge on any atom is 0.311 e. The first-order valence-electron chi connectivity index (χ1n) is 9.64. The third-order valence-electron chi connectivity index (χ3n) is 4.77. The number of hydrogen-bond acceptors (Lipinski definition) is 4. The molecule has 0 aromatic carbocycles. The maximum atomic E-state index is 11.7. The van der Waals surface area contributed by atoms with Gasteiger partial charge in [-0.15, -0.1) is 0 Å². The van der Waals surface area contributed by atoms with Crippen LogP contribution < -0.4 is 0 Å². The molecule has 0 saturated heterocycles. The molecule has 2 saturated carbocycles. The summed E-state index contributed by atoms with van der Waals surface area (Å²) < 4.78 is 10.9. The molecule has 2 aliphatic rings. The summed E-state index contributed by atoms with van der Waals surface area (Å²) in [6.07, 6.45) is 7.75. The van der Waals surface area contributed by atoms with E-state index < -0.39 is 0 Å². The predicted octanol–water partition coefficient (Wildman–Crippen LogP) is 5.43. The minimum absolute atomic E-state index is 0.0677. The Morgan fingerprint density at radius 3 is 1.24 bits per heavy atom. The molecule has 0 bridgehead atoms. The average molecular weight is 355 g/mol. The number of rotatable bonds is 2. The topological polar surface area (TPSA) is 52.6 Å². The summed E-state index contributed by atoms with van der Waals surface area (Å²) in [5.41, 5.74) is -1.04. The molecular weight excluding hydrogens is 316 g/mol. The van der Waals surface area contributed by atoms with Gasteiger partial charge in [0.2, 0.25) is 0 Å². The third-order valence-corrected chi connectivity index (χ3v) is 4.77. The standard InChI is InChI=1S/C12H22O2.C9H16O2/c1-11(2,3)10(13)14-12(4)8-6-5-7-9-12;1-8(2,3)7(10)11-9(4)5-6-9/h5-9H2,1-4H3;5-6H2,1-4H3. The quantitative estimate of drug-likeness (QED) is 0.621. The van der Waals surface area contributed by atoms with E-state index in [0.29, 0.717) is 0 Å². The summed E-state index contributed by atoms with van der Waals surface area (Å²) in [5, 5.41) is 0. The molecule has 0 heterocycles. The lowest BCUT2D eigenvalue weighted by Crippen LogP contribution is -2.38. The molecule has 0 atom stereocenters. The Kier molecular flexibility index (Phi) is 6.75. The van der Waals surface area contributed by atoms with Gasteiger partial charge >= 0.3 is 11.9 Å². The maximum absolute atomic E-state index is 11.7. The zero-order valence-electron chi connectivity index (χ0n) is 17.6. The van der Waals surface area contributed by atoms with Gasteiger partial charge in [0.1, 0.15) is 11.2 Å². The van der Waals surface area contributed by atoms with Gasteiger partial charge in [0, 0.05) is 0 Å². The molecule has 2 fully saturated rings. The number of carbonyl (C=O) groups excluding carboxylic acids is 2. The Hall–Kier alpha value is -1.06. The van der Waals surface area contributed by atoms with E-state index in [0.717, 1.165) is 25.7 Å². The summed E-state index contributed by atoms with van der Waals surface area (Å²) in [6.45, 7) is 15.4. The van der Waals surface area contributed by atoms with Crippen LogP contribution in [0, 0.1) is 10.8 Å². The Morgan fingerprint density at radius 2 is 0.960 bits per heavy atom. The summed E-state index contributed by atoms with van der Waals surface area (Å²) in [4.78, 5) is 23.0. The largest absolute Gasteiger partial charge is 0.459 e. The van der Waals surface area contributed by atoms with Crippen LogP contribution in [0.2, 0.25) is 0 Å². The highest BCUT2D eigenvalue weighted by atomic mass is 16.6. The van der Waals surface area contributed by atoms with Gasteiger partial charge in [-0.05, 0) is 93.9 Å². The van der Waals surface area contributed by atoms with Crippen molar-refractivity contribution in [2.24, 2.45) is 10.8 Å². The van der Waals surface area contributed by atoms with Crippen LogP contribution in [0.1, 0.15) is 100 Å². The monoisotopic (exact) mass is 354 g/mol. The summed E-state index contributed by atoms with van der Waals surface area (Å²) in [5.74, 6) is -0.153. The van der Waals surface area contributed by atoms with Crippen LogP contribution in [0.15, 0.2) is 0 Å². The van der Waals surface area contributed by atoms with E-state index in [2.05, 4.69) is 6.92 Å². The molecule has 146 valence electrons. The second kappa shape index (κ2) is 7.67. The highest BCUT2D eigenvalue weighted by molar-refractivity contribution is 5.76. The van der Waals surface area contributed by atoms with Crippen molar-refractivity contribution < 1.29 is 19.1 Å². The first-order valence-corrected chi connectivity index (χ1v) is 9.64. The zero-order valence-corrected chi connectivity index (χ0v) is 17.6. The van der Waals surface area contributed by atoms with E-state index in [-0.39, 0.29) is 34.0 Å². The Bertz CT molecular complexity index is 469. The molecule has 0 aromatic heterocycles. The highest BCUT2D eigenvalue weighted by Crippen LogP contribution is 2.40. The van der Waals surface area contributed by atoms with E-state index in [1.807, 2.05) is 48.5 Å². The van der Waals surface area contributed by atoms with Crippen molar-refractivity contribution in [3.63, 3.8) is 0 Å². The Labute approximate surface area is 154 Å². The molecule has 0 unspecified atom stereocenters. The minimum Gasteiger partial charge on any atom is -0.459 e. The highest BCUT2D eigenvalue weighted by Gasteiger charge is 2.43. The van der Waals surface area contributed by atoms with Crippen molar-refractivity contribution in [1.29, 1.82) is 0 Å². The van der Waals surface area contributed by atoms with Gasteiger partial charge in [0.05, 0.1) is 10.8 Å². The predicted molar refractivity (Wildman–Crippen MR) is 100 cm³/mol. The summed E-state index contributed by atoms with van der Waals surface area (Å²) >= 11 is 0. The summed E-state index contributed by atoms with van der Waals surface area (Å²) in [7, 11) is 0. The average Bonchev–Trinajstić information content (AvgIpc) is 3.15. The second-order valence-electron chi connectivity index (χ2n) is 10.2. The molecule has 0 aromatic rings. The Balaban J connectivity index is 0.000000257. The normalized spacial score (nSPS) is 21.4. The molecule has 4 nitrogen and oxygen atoms in total. The second-order valence-corrected chi connectivity index (χ2v) is 10.2. The number of ether oxygens (including phenoxy) is 2. The van der Waals surface area contributed by atoms with Crippen LogP contribution in [0.3, 0.4) is 0 Å². The number of hydrogen-bond donors (Lipinski definition) is 0. The minimum atomic E-state index is -0.375. The van der Waals surface area contributed by atoms with Crippen LogP contribution in [-0.2, 0) is 19.1 Å². The van der Waals surface area contributed by atoms with Gasteiger partial charge in [0.15, 0.2) is 0 Å². The van der Waals surface area contributed by atoms with Crippen LogP contribution in [0.5, 0.6) is 0 Å². The molecule has 4 heteroatoms. The number of carbonyl (C=O) groups is 2. The molecule has 2 rings (SSSR count). The van der Waals surface area contributed by atoms with Crippen molar-refractivity contribution in [1.82, 2.24) is 0 Å². The fourth-order valence-electron chi connectivity index (χ4n) is 2.43. The van der Waals surface area contributed by atoms with Gasteiger partial charge in [-0.1, -0.05) is 6.42 Å². The molecule has 25 heavy (non-hydrogen) atoms. The summed E-state index contributed by atoms with van der Waals surface area (Å²) in [6, 6.07) is 0. The van der Waals surface area contributed by atoms with E-state index in [9.17, 15) is 9.59 Å². The lowest BCUT2D eigenvalue weighted by molar-refractivity contribution is -0.171. The van der Waals surface area contributed by atoms with Crippen molar-refractivity contribution in [3.8, 4) is 0 Å². The number of esters is 2. The van der Waals surface area contributed by atoms with Gasteiger partial charge in [-0.25, -0.2) is 0 Å². The Morgan fingerprint density at radius 1 is 0.640 bits per heavy atom. The molecule has 0 amide bonds. The molecule has 0 N–H and O–H groups in total. The van der Waals surface area contributed by atoms with Crippen molar-refractivity contribution in [3.05, 3.63) is 0 Å². The van der Waals surface area contributed by atoms with Crippen molar-refractivity contribution >= 4 is 11.9 Å². The van der Waals surface area contributed by atoms with Gasteiger partial charge < -0.3 is 9.47 Å². The molecule has 0 radical (unpaired) electrons. The van der Waals surface area contributed by atoms with E-state index in [1.54, 1.807) is 0 Å². The van der Waals surface area contributed by atoms with Crippen LogP contribution >= 0.6 is 0 Å². The van der Waals surface area contributed by atoms with Crippen LogP contribution in [-0.4, -0.2) is 23.1 Å². The fourth-order valence-corrected chi connectivity index (χ4v) is 2.43. The molecular formula is C21H38O4. The van der Waals surface area contributed by atoms with Crippen molar-refractivity contribution in [2.75, 3.05) is 0 Å². The van der Waals surface area contributed by atoms with E-state index in [1.165, 1.54) is 19.3 Å². The molecule has 2 aliphatic carbocycles. The third kappa shape index (κ3) is 7.79. The van der Waals surface area contributed by atoms with E-state index >= 15 is 0 Å². The SMILES string of the molecule is CC1(OC(=O)C(C)(C)C)CC1.CC1(OC(=O)C(C)(C)C)CCCCC1. The molecule has 0 aliphatic heterocycles. The van der Waals surface area contributed by atoms with Gasteiger partial charge in [0.25, 0.3) is 0 Å². The van der Waals surface area contributed by atoms with Crippen molar-refractivity contribution in [2.45, 2.75) is 112 Å². The van der Waals surface area contributed by atoms with Gasteiger partial charge in [-0.3, -0.25) is 9.59 Å². The van der Waals surface area contributed by atoms with Gasteiger partial charge in [-0.2, -0.15) is 0 Å². The first-order chi connectivity index (χ1) is 11.2. The fraction of sp³-hybridized carbons (Fsp3) is 0.905.